The summed E-state index contributed by atoms with van der Waals surface area (Å²) >= 11 is 0. The lowest BCUT2D eigenvalue weighted by atomic mass is 10.0. The van der Waals surface area contributed by atoms with Crippen LogP contribution in [0.3, 0.4) is 0 Å². The summed E-state index contributed by atoms with van der Waals surface area (Å²) in [5.41, 5.74) is 0.839. The summed E-state index contributed by atoms with van der Waals surface area (Å²) in [6, 6.07) is 9.88. The molecule has 0 radical (unpaired) electrons. The van der Waals surface area contributed by atoms with Crippen LogP contribution in [0, 0.1) is 0 Å². The third-order valence-electron chi connectivity index (χ3n) is 4.41. The van der Waals surface area contributed by atoms with Gasteiger partial charge in [0.15, 0.2) is 0 Å². The van der Waals surface area contributed by atoms with Crippen LogP contribution in [0.1, 0.15) is 12.0 Å². The van der Waals surface area contributed by atoms with E-state index in [9.17, 15) is 0 Å². The minimum Gasteiger partial charge on any atom is -0.491 e. The molecule has 24 heavy (non-hydrogen) atoms. The Morgan fingerprint density at radius 2 is 1.96 bits per heavy atom. The first kappa shape index (κ1) is 16.7. The summed E-state index contributed by atoms with van der Waals surface area (Å²) < 4.78 is 11.7. The van der Waals surface area contributed by atoms with Crippen molar-refractivity contribution in [3.8, 4) is 5.75 Å². The topological polar surface area (TPSA) is 59.5 Å². The summed E-state index contributed by atoms with van der Waals surface area (Å²) in [7, 11) is 3.58. The fraction of sp³-hybridized carbons (Fsp3) is 0.444. The molecule has 1 aliphatic heterocycles. The highest BCUT2D eigenvalue weighted by Crippen LogP contribution is 2.27. The van der Waals surface area contributed by atoms with Crippen molar-refractivity contribution in [2.75, 3.05) is 39.2 Å². The predicted molar refractivity (Wildman–Crippen MR) is 93.1 cm³/mol. The third kappa shape index (κ3) is 4.01. The molecule has 0 aliphatic carbocycles. The van der Waals surface area contributed by atoms with Gasteiger partial charge in [0.05, 0.1) is 0 Å². The van der Waals surface area contributed by atoms with Gasteiger partial charge in [-0.1, -0.05) is 18.2 Å². The molecule has 0 unspecified atom stereocenters. The van der Waals surface area contributed by atoms with Crippen molar-refractivity contribution in [3.05, 3.63) is 48.3 Å². The van der Waals surface area contributed by atoms with E-state index in [1.54, 1.807) is 7.11 Å². The zero-order chi connectivity index (χ0) is 16.8. The second kappa shape index (κ2) is 7.59. The Hall–Kier alpha value is -2.18. The largest absolute Gasteiger partial charge is 0.491 e. The Labute approximate surface area is 142 Å². The van der Waals surface area contributed by atoms with E-state index >= 15 is 0 Å². The molecule has 2 aromatic rings. The van der Waals surface area contributed by atoms with Crippen LogP contribution in [0.25, 0.3) is 0 Å². The molecule has 1 saturated heterocycles. The van der Waals surface area contributed by atoms with Crippen LogP contribution < -0.4 is 10.1 Å². The lowest BCUT2D eigenvalue weighted by Crippen LogP contribution is -2.41. The highest BCUT2D eigenvalue weighted by atomic mass is 16.5. The molecule has 1 N–H and O–H groups in total. The number of anilines is 1. The number of hydrogen-bond acceptors (Lipinski definition) is 6. The molecule has 0 bridgehead atoms. The molecular weight excluding hydrogens is 304 g/mol. The van der Waals surface area contributed by atoms with Crippen molar-refractivity contribution < 1.29 is 9.47 Å². The van der Waals surface area contributed by atoms with Crippen LogP contribution >= 0.6 is 0 Å². The first-order chi connectivity index (χ1) is 11.7. The first-order valence-electron chi connectivity index (χ1n) is 8.17. The highest BCUT2D eigenvalue weighted by Gasteiger charge is 2.39. The van der Waals surface area contributed by atoms with Gasteiger partial charge in [-0.2, -0.15) is 0 Å². The smallest absolute Gasteiger partial charge is 0.222 e. The molecule has 1 aromatic heterocycles. The molecule has 3 rings (SSSR count). The number of nitrogens with zero attached hydrogens (tertiary/aromatic N) is 3. The van der Waals surface area contributed by atoms with Crippen LogP contribution in [0.5, 0.6) is 5.75 Å². The summed E-state index contributed by atoms with van der Waals surface area (Å²) in [5.74, 6) is 1.52. The number of benzene rings is 1. The van der Waals surface area contributed by atoms with Crippen molar-refractivity contribution >= 4 is 5.95 Å². The molecule has 1 fully saturated rings. The Morgan fingerprint density at radius 3 is 2.62 bits per heavy atom. The van der Waals surface area contributed by atoms with Gasteiger partial charge in [-0.3, -0.25) is 4.90 Å². The van der Waals surface area contributed by atoms with Crippen molar-refractivity contribution in [1.29, 1.82) is 0 Å². The molecular formula is C18H24N4O2. The SMILES string of the molecule is CNc1ncc(CN2CC[C@](COc3ccccc3)(OC)C2)cn1. The Morgan fingerprint density at radius 1 is 1.21 bits per heavy atom. The van der Waals surface area contributed by atoms with Crippen LogP contribution in [0.4, 0.5) is 5.95 Å². The molecule has 128 valence electrons. The number of aromatic nitrogens is 2. The Bertz CT molecular complexity index is 635. The monoisotopic (exact) mass is 328 g/mol. The van der Waals surface area contributed by atoms with Crippen molar-refractivity contribution in [1.82, 2.24) is 14.9 Å². The maximum Gasteiger partial charge on any atom is 0.222 e. The zero-order valence-electron chi connectivity index (χ0n) is 14.2. The first-order valence-corrected chi connectivity index (χ1v) is 8.17. The standard InChI is InChI=1S/C18H24N4O2/c1-19-17-20-10-15(11-21-17)12-22-9-8-18(13-22,23-2)14-24-16-6-4-3-5-7-16/h3-7,10-11H,8-9,12-14H2,1-2H3,(H,19,20,21)/t18-/m0/s1. The minimum absolute atomic E-state index is 0.262. The van der Waals surface area contributed by atoms with E-state index in [-0.39, 0.29) is 5.60 Å². The fourth-order valence-corrected chi connectivity index (χ4v) is 2.96. The van der Waals surface area contributed by atoms with Crippen molar-refractivity contribution in [2.24, 2.45) is 0 Å². The van der Waals surface area contributed by atoms with E-state index in [1.165, 1.54) is 0 Å². The normalized spacial score (nSPS) is 20.9. The maximum atomic E-state index is 5.93. The average Bonchev–Trinajstić information content (AvgIpc) is 3.05. The molecule has 1 aliphatic rings. The van der Waals surface area contributed by atoms with Crippen LogP contribution in [0.2, 0.25) is 0 Å². The predicted octanol–water partition coefficient (Wildman–Crippen LogP) is 2.19. The number of rotatable bonds is 7. The van der Waals surface area contributed by atoms with E-state index < -0.39 is 0 Å². The zero-order valence-corrected chi connectivity index (χ0v) is 14.2. The van der Waals surface area contributed by atoms with Crippen molar-refractivity contribution in [2.45, 2.75) is 18.6 Å². The summed E-state index contributed by atoms with van der Waals surface area (Å²) in [6.07, 6.45) is 4.68. The van der Waals surface area contributed by atoms with Gasteiger partial charge in [0.1, 0.15) is 18.0 Å². The van der Waals surface area contributed by atoms with Gasteiger partial charge in [-0.15, -0.1) is 0 Å². The van der Waals surface area contributed by atoms with Gasteiger partial charge in [0.25, 0.3) is 0 Å². The van der Waals surface area contributed by atoms with E-state index in [0.29, 0.717) is 12.6 Å². The Balaban J connectivity index is 1.56. The molecule has 2 heterocycles. The van der Waals surface area contributed by atoms with Gasteiger partial charge >= 0.3 is 0 Å². The number of para-hydroxylation sites is 1. The number of hydrogen-bond donors (Lipinski definition) is 1. The van der Waals surface area contributed by atoms with E-state index in [0.717, 1.165) is 37.4 Å². The molecule has 0 saturated carbocycles. The molecule has 1 atom stereocenters. The van der Waals surface area contributed by atoms with Crippen LogP contribution in [-0.4, -0.2) is 54.3 Å². The van der Waals surface area contributed by atoms with Crippen LogP contribution in [0.15, 0.2) is 42.7 Å². The van der Waals surface area contributed by atoms with Gasteiger partial charge in [0, 0.05) is 51.7 Å². The summed E-state index contributed by atoms with van der Waals surface area (Å²) in [5, 5.41) is 2.93. The molecule has 0 spiro atoms. The molecule has 6 heteroatoms. The van der Waals surface area contributed by atoms with Gasteiger partial charge in [0.2, 0.25) is 5.95 Å². The number of nitrogens with one attached hydrogen (secondary N) is 1. The average molecular weight is 328 g/mol. The second-order valence-corrected chi connectivity index (χ2v) is 6.11. The fourth-order valence-electron chi connectivity index (χ4n) is 2.96. The molecule has 1 aromatic carbocycles. The summed E-state index contributed by atoms with van der Waals surface area (Å²) in [4.78, 5) is 10.9. The van der Waals surface area contributed by atoms with E-state index in [1.807, 2.05) is 49.8 Å². The number of likely N-dealkylation sites (tertiary alicyclic amines) is 1. The Kier molecular flexibility index (Phi) is 5.27. The quantitative estimate of drug-likeness (QED) is 0.841. The van der Waals surface area contributed by atoms with Crippen molar-refractivity contribution in [3.63, 3.8) is 0 Å². The highest BCUT2D eigenvalue weighted by molar-refractivity contribution is 5.23. The van der Waals surface area contributed by atoms with Gasteiger partial charge < -0.3 is 14.8 Å². The summed E-state index contributed by atoms with van der Waals surface area (Å²) in [6.45, 7) is 3.18. The van der Waals surface area contributed by atoms with Crippen LogP contribution in [-0.2, 0) is 11.3 Å². The lowest BCUT2D eigenvalue weighted by Gasteiger charge is -2.28. The van der Waals surface area contributed by atoms with E-state index in [2.05, 4.69) is 20.2 Å². The molecule has 0 amide bonds. The number of ether oxygens (including phenoxy) is 2. The number of methoxy groups -OCH3 is 1. The van der Waals surface area contributed by atoms with Gasteiger partial charge in [-0.25, -0.2) is 9.97 Å². The van der Waals surface area contributed by atoms with Gasteiger partial charge in [-0.05, 0) is 18.6 Å². The minimum atomic E-state index is -0.262. The third-order valence-corrected chi connectivity index (χ3v) is 4.41. The second-order valence-electron chi connectivity index (χ2n) is 6.11. The molecule has 6 nitrogen and oxygen atoms in total. The van der Waals surface area contributed by atoms with E-state index in [4.69, 9.17) is 9.47 Å². The maximum absolute atomic E-state index is 5.93. The lowest BCUT2D eigenvalue weighted by molar-refractivity contribution is -0.0359.